The number of carbonyl (C=O) groups is 1. The van der Waals surface area contributed by atoms with Crippen molar-refractivity contribution in [2.45, 2.75) is 18.9 Å². The molecule has 4 rings (SSSR count). The van der Waals surface area contributed by atoms with Crippen LogP contribution in [-0.4, -0.2) is 48.4 Å². The molecule has 0 aromatic heterocycles. The van der Waals surface area contributed by atoms with Crippen molar-refractivity contribution < 1.29 is 27.1 Å². The molecule has 190 valence electrons. The number of amides is 1. The molecule has 3 aromatic carbocycles. The van der Waals surface area contributed by atoms with E-state index in [-0.39, 0.29) is 18.6 Å². The van der Waals surface area contributed by atoms with Crippen molar-refractivity contribution in [1.82, 2.24) is 9.80 Å². The molecule has 1 atom stereocenters. The van der Waals surface area contributed by atoms with Gasteiger partial charge in [-0.15, -0.1) is 0 Å². The van der Waals surface area contributed by atoms with Crippen molar-refractivity contribution in [1.29, 1.82) is 0 Å². The van der Waals surface area contributed by atoms with Crippen LogP contribution in [0.5, 0.6) is 0 Å². The molecule has 1 fully saturated rings. The average Bonchev–Trinajstić information content (AvgIpc) is 2.87. The Kier molecular flexibility index (Phi) is 8.28. The minimum atomic E-state index is -4.39. The minimum absolute atomic E-state index is 0.142. The van der Waals surface area contributed by atoms with Crippen LogP contribution in [0.25, 0.3) is 0 Å². The lowest BCUT2D eigenvalue weighted by Crippen LogP contribution is -2.49. The van der Waals surface area contributed by atoms with Gasteiger partial charge in [0, 0.05) is 43.3 Å². The van der Waals surface area contributed by atoms with Gasteiger partial charge in [0.2, 0.25) is 0 Å². The van der Waals surface area contributed by atoms with E-state index in [1.165, 1.54) is 30.3 Å². The Morgan fingerprint density at radius 3 is 2.22 bits per heavy atom. The highest BCUT2D eigenvalue weighted by molar-refractivity contribution is 6.30. The van der Waals surface area contributed by atoms with Crippen molar-refractivity contribution in [2.24, 2.45) is 0 Å². The minimum Gasteiger partial charge on any atom is -0.368 e. The van der Waals surface area contributed by atoms with E-state index < -0.39 is 17.6 Å². The molecule has 1 saturated heterocycles. The molecule has 4 nitrogen and oxygen atoms in total. The first kappa shape index (κ1) is 26.1. The molecule has 0 saturated carbocycles. The highest BCUT2D eigenvalue weighted by Crippen LogP contribution is 2.30. The average molecular weight is 521 g/mol. The standard InChI is InChI=1S/C27H25ClF4N2O2/c28-23-10-6-20(7-11-23)25(36-18-19-4-8-22(9-5-19)27(30,31)32)17-33-12-14-34(15-13-33)26(35)21-2-1-3-24(29)16-21/h1-11,16,25H,12-15,17-18H2/t25-/m1/s1. The molecule has 1 heterocycles. The van der Waals surface area contributed by atoms with Crippen LogP contribution in [-0.2, 0) is 17.5 Å². The number of alkyl halides is 3. The van der Waals surface area contributed by atoms with E-state index in [1.54, 1.807) is 23.1 Å². The third kappa shape index (κ3) is 6.84. The van der Waals surface area contributed by atoms with E-state index in [0.29, 0.717) is 48.9 Å². The van der Waals surface area contributed by atoms with Gasteiger partial charge < -0.3 is 9.64 Å². The Hall–Kier alpha value is -2.94. The molecule has 36 heavy (non-hydrogen) atoms. The number of carbonyl (C=O) groups excluding carboxylic acids is 1. The monoisotopic (exact) mass is 520 g/mol. The van der Waals surface area contributed by atoms with E-state index in [1.807, 2.05) is 12.1 Å². The lowest BCUT2D eigenvalue weighted by Gasteiger charge is -2.36. The first-order valence-corrected chi connectivity index (χ1v) is 11.9. The van der Waals surface area contributed by atoms with Crippen molar-refractivity contribution >= 4 is 17.5 Å². The number of hydrogen-bond donors (Lipinski definition) is 0. The zero-order valence-corrected chi connectivity index (χ0v) is 20.1. The van der Waals surface area contributed by atoms with Crippen LogP contribution in [0, 0.1) is 5.82 Å². The molecule has 0 N–H and O–H groups in total. The lowest BCUT2D eigenvalue weighted by molar-refractivity contribution is -0.137. The number of rotatable bonds is 7. The summed E-state index contributed by atoms with van der Waals surface area (Å²) in [7, 11) is 0. The summed E-state index contributed by atoms with van der Waals surface area (Å²) in [4.78, 5) is 16.6. The van der Waals surface area contributed by atoms with Gasteiger partial charge in [0.25, 0.3) is 5.91 Å². The molecule has 1 aliphatic heterocycles. The fourth-order valence-corrected chi connectivity index (χ4v) is 4.22. The van der Waals surface area contributed by atoms with Crippen molar-refractivity contribution in [3.05, 3.63) is 106 Å². The van der Waals surface area contributed by atoms with Crippen LogP contribution >= 0.6 is 11.6 Å². The van der Waals surface area contributed by atoms with Crippen LogP contribution in [0.3, 0.4) is 0 Å². The third-order valence-electron chi connectivity index (χ3n) is 6.13. The maximum absolute atomic E-state index is 13.5. The largest absolute Gasteiger partial charge is 0.416 e. The summed E-state index contributed by atoms with van der Waals surface area (Å²) < 4.78 is 58.2. The van der Waals surface area contributed by atoms with Gasteiger partial charge in [0.1, 0.15) is 5.82 Å². The molecule has 1 amide bonds. The van der Waals surface area contributed by atoms with Gasteiger partial charge in [-0.3, -0.25) is 9.69 Å². The second-order valence-corrected chi connectivity index (χ2v) is 9.09. The van der Waals surface area contributed by atoms with Gasteiger partial charge in [0.05, 0.1) is 18.3 Å². The maximum Gasteiger partial charge on any atom is 0.416 e. The molecule has 0 unspecified atom stereocenters. The molecule has 0 bridgehead atoms. The Bertz CT molecular complexity index is 1160. The topological polar surface area (TPSA) is 32.8 Å². The van der Waals surface area contributed by atoms with Gasteiger partial charge in [-0.25, -0.2) is 4.39 Å². The summed E-state index contributed by atoms with van der Waals surface area (Å²) in [5.74, 6) is -0.655. The normalized spacial score (nSPS) is 15.6. The van der Waals surface area contributed by atoms with E-state index >= 15 is 0 Å². The van der Waals surface area contributed by atoms with Crippen LogP contribution in [0.15, 0.2) is 72.8 Å². The lowest BCUT2D eigenvalue weighted by atomic mass is 10.1. The molecule has 0 radical (unpaired) electrons. The zero-order chi connectivity index (χ0) is 25.7. The van der Waals surface area contributed by atoms with Crippen LogP contribution in [0.1, 0.15) is 33.2 Å². The highest BCUT2D eigenvalue weighted by atomic mass is 35.5. The summed E-state index contributed by atoms with van der Waals surface area (Å²) in [6, 6.07) is 17.8. The summed E-state index contributed by atoms with van der Waals surface area (Å²) >= 11 is 6.03. The van der Waals surface area contributed by atoms with Crippen molar-refractivity contribution in [2.75, 3.05) is 32.7 Å². The first-order chi connectivity index (χ1) is 17.2. The summed E-state index contributed by atoms with van der Waals surface area (Å²) in [6.45, 7) is 2.86. The van der Waals surface area contributed by atoms with Crippen molar-refractivity contribution in [3.8, 4) is 0 Å². The Morgan fingerprint density at radius 1 is 0.944 bits per heavy atom. The molecule has 0 aliphatic carbocycles. The number of ether oxygens (including phenoxy) is 1. The van der Waals surface area contributed by atoms with E-state index in [9.17, 15) is 22.4 Å². The number of hydrogen-bond acceptors (Lipinski definition) is 3. The zero-order valence-electron chi connectivity index (χ0n) is 19.3. The van der Waals surface area contributed by atoms with Crippen LogP contribution in [0.4, 0.5) is 17.6 Å². The second-order valence-electron chi connectivity index (χ2n) is 8.65. The van der Waals surface area contributed by atoms with Gasteiger partial charge in [-0.2, -0.15) is 13.2 Å². The molecule has 1 aliphatic rings. The van der Waals surface area contributed by atoms with Crippen LogP contribution in [0.2, 0.25) is 5.02 Å². The summed E-state index contributed by atoms with van der Waals surface area (Å²) in [6.07, 6.45) is -4.74. The number of nitrogens with zero attached hydrogens (tertiary/aromatic N) is 2. The Balaban J connectivity index is 1.38. The maximum atomic E-state index is 13.5. The van der Waals surface area contributed by atoms with Gasteiger partial charge in [-0.05, 0) is 53.6 Å². The second kappa shape index (κ2) is 11.4. The SMILES string of the molecule is O=C(c1cccc(F)c1)N1CCN(C[C@@H](OCc2ccc(C(F)(F)F)cc2)c2ccc(Cl)cc2)CC1. The van der Waals surface area contributed by atoms with Gasteiger partial charge >= 0.3 is 6.18 Å². The predicted molar refractivity (Wildman–Crippen MR) is 129 cm³/mol. The summed E-state index contributed by atoms with van der Waals surface area (Å²) in [5, 5.41) is 0.588. The number of piperazine rings is 1. The third-order valence-corrected chi connectivity index (χ3v) is 6.38. The molecular weight excluding hydrogens is 496 g/mol. The van der Waals surface area contributed by atoms with Gasteiger partial charge in [-0.1, -0.05) is 41.9 Å². The first-order valence-electron chi connectivity index (χ1n) is 11.5. The number of halogens is 5. The smallest absolute Gasteiger partial charge is 0.368 e. The van der Waals surface area contributed by atoms with E-state index in [0.717, 1.165) is 17.7 Å². The van der Waals surface area contributed by atoms with Crippen LogP contribution < -0.4 is 0 Å². The molecular formula is C27H25ClF4N2O2. The van der Waals surface area contributed by atoms with E-state index in [4.69, 9.17) is 16.3 Å². The molecule has 0 spiro atoms. The predicted octanol–water partition coefficient (Wildman–Crippen LogP) is 6.21. The fourth-order valence-electron chi connectivity index (χ4n) is 4.09. The summed E-state index contributed by atoms with van der Waals surface area (Å²) in [5.41, 5.74) is 1.14. The van der Waals surface area contributed by atoms with Gasteiger partial charge in [0.15, 0.2) is 0 Å². The molecule has 3 aromatic rings. The number of benzene rings is 3. The quantitative estimate of drug-likeness (QED) is 0.347. The Morgan fingerprint density at radius 2 is 1.61 bits per heavy atom. The molecule has 9 heteroatoms. The fraction of sp³-hybridized carbons (Fsp3) is 0.296. The van der Waals surface area contributed by atoms with Crippen molar-refractivity contribution in [3.63, 3.8) is 0 Å². The van der Waals surface area contributed by atoms with E-state index in [2.05, 4.69) is 4.90 Å². The Labute approximate surface area is 212 Å². The highest BCUT2D eigenvalue weighted by Gasteiger charge is 2.30.